The first kappa shape index (κ1) is 12.9. The van der Waals surface area contributed by atoms with E-state index in [2.05, 4.69) is 41.3 Å². The van der Waals surface area contributed by atoms with Crippen LogP contribution in [0.25, 0.3) is 0 Å². The Morgan fingerprint density at radius 3 is 1.54 bits per heavy atom. The molecule has 0 atom stereocenters. The average molecular weight is 318 g/mol. The summed E-state index contributed by atoms with van der Waals surface area (Å²) >= 11 is 6.17. The van der Waals surface area contributed by atoms with Crippen LogP contribution in [0.3, 0.4) is 0 Å². The summed E-state index contributed by atoms with van der Waals surface area (Å²) in [6, 6.07) is 0. The van der Waals surface area contributed by atoms with Gasteiger partial charge in [0, 0.05) is 10.7 Å². The number of ether oxygens (including phenoxy) is 2. The fourth-order valence-electron chi connectivity index (χ4n) is 0.728. The number of alkyl halides is 2. The number of carbonyl (C=O) groups excluding carboxylic acids is 2. The van der Waals surface area contributed by atoms with Gasteiger partial charge in [-0.05, 0) is 0 Å². The van der Waals surface area contributed by atoms with Crippen molar-refractivity contribution in [2.75, 3.05) is 24.9 Å². The second kappa shape index (κ2) is 5.59. The molecule has 4 nitrogen and oxygen atoms in total. The van der Waals surface area contributed by atoms with Gasteiger partial charge < -0.3 is 9.47 Å². The number of carbonyl (C=O) groups is 2. The van der Waals surface area contributed by atoms with Gasteiger partial charge in [0.1, 0.15) is 0 Å². The second-order valence-corrected chi connectivity index (χ2v) is 3.45. The number of esters is 2. The monoisotopic (exact) mass is 316 g/mol. The summed E-state index contributed by atoms with van der Waals surface area (Å²) in [6.07, 6.45) is 0. The van der Waals surface area contributed by atoms with Crippen LogP contribution in [0.1, 0.15) is 0 Å². The maximum absolute atomic E-state index is 11.3. The first-order valence-corrected chi connectivity index (χ1v) is 5.62. The van der Waals surface area contributed by atoms with E-state index in [1.54, 1.807) is 0 Å². The molecule has 13 heavy (non-hydrogen) atoms. The Hall–Kier alpha value is -0.100. The Kier molecular flexibility index (Phi) is 5.55. The number of rotatable bonds is 4. The SMILES string of the molecule is COC(=O)C(CBr)(CBr)C(=O)OC. The minimum absolute atomic E-state index is 0.157. The molecule has 0 aromatic carbocycles. The first-order valence-electron chi connectivity index (χ1n) is 3.37. The topological polar surface area (TPSA) is 52.6 Å². The van der Waals surface area contributed by atoms with Gasteiger partial charge in [-0.15, -0.1) is 0 Å². The Morgan fingerprint density at radius 1 is 1.08 bits per heavy atom. The summed E-state index contributed by atoms with van der Waals surface area (Å²) in [7, 11) is 2.46. The van der Waals surface area contributed by atoms with Crippen LogP contribution < -0.4 is 0 Å². The van der Waals surface area contributed by atoms with Crippen molar-refractivity contribution in [3.05, 3.63) is 0 Å². The number of methoxy groups -OCH3 is 2. The molecule has 0 amide bonds. The lowest BCUT2D eigenvalue weighted by atomic mass is 9.94. The van der Waals surface area contributed by atoms with Crippen molar-refractivity contribution in [2.24, 2.45) is 5.41 Å². The molecule has 0 N–H and O–H groups in total. The lowest BCUT2D eigenvalue weighted by molar-refractivity contribution is -0.165. The van der Waals surface area contributed by atoms with E-state index in [-0.39, 0.29) is 10.7 Å². The third-order valence-electron chi connectivity index (χ3n) is 1.61. The predicted molar refractivity (Wildman–Crippen MR) is 54.1 cm³/mol. The Balaban J connectivity index is 4.90. The zero-order chi connectivity index (χ0) is 10.5. The first-order chi connectivity index (χ1) is 6.08. The van der Waals surface area contributed by atoms with Crippen LogP contribution >= 0.6 is 31.9 Å². The van der Waals surface area contributed by atoms with Crippen molar-refractivity contribution in [2.45, 2.75) is 0 Å². The minimum atomic E-state index is -1.29. The van der Waals surface area contributed by atoms with E-state index in [0.717, 1.165) is 0 Å². The van der Waals surface area contributed by atoms with Gasteiger partial charge >= 0.3 is 11.9 Å². The lowest BCUT2D eigenvalue weighted by Crippen LogP contribution is -2.44. The molecule has 0 aliphatic rings. The number of hydrogen-bond acceptors (Lipinski definition) is 4. The lowest BCUT2D eigenvalue weighted by Gasteiger charge is -2.23. The highest BCUT2D eigenvalue weighted by atomic mass is 79.9. The highest BCUT2D eigenvalue weighted by molar-refractivity contribution is 9.09. The van der Waals surface area contributed by atoms with E-state index < -0.39 is 17.4 Å². The molecule has 6 heteroatoms. The molecule has 0 aromatic heterocycles. The second-order valence-electron chi connectivity index (χ2n) is 2.33. The molecule has 0 aromatic rings. The summed E-state index contributed by atoms with van der Waals surface area (Å²) in [6.45, 7) is 0. The molecule has 0 saturated heterocycles. The third-order valence-corrected chi connectivity index (χ3v) is 3.52. The predicted octanol–water partition coefficient (Wildman–Crippen LogP) is 1.11. The highest BCUT2D eigenvalue weighted by Gasteiger charge is 2.46. The van der Waals surface area contributed by atoms with Crippen LogP contribution in [-0.4, -0.2) is 36.8 Å². The Morgan fingerprint density at radius 2 is 1.38 bits per heavy atom. The molecular formula is C7H10Br2O4. The van der Waals surface area contributed by atoms with Gasteiger partial charge in [0.25, 0.3) is 0 Å². The van der Waals surface area contributed by atoms with Crippen LogP contribution in [0.2, 0.25) is 0 Å². The number of hydrogen-bond donors (Lipinski definition) is 0. The third kappa shape index (κ3) is 2.43. The van der Waals surface area contributed by atoms with Crippen LogP contribution in [0.5, 0.6) is 0 Å². The van der Waals surface area contributed by atoms with Gasteiger partial charge in [0.2, 0.25) is 0 Å². The van der Waals surface area contributed by atoms with Gasteiger partial charge in [-0.3, -0.25) is 9.59 Å². The van der Waals surface area contributed by atoms with Crippen molar-refractivity contribution in [1.29, 1.82) is 0 Å². The molecule has 0 unspecified atom stereocenters. The zero-order valence-corrected chi connectivity index (χ0v) is 10.5. The van der Waals surface area contributed by atoms with Crippen molar-refractivity contribution in [1.82, 2.24) is 0 Å². The fourth-order valence-corrected chi connectivity index (χ4v) is 2.57. The summed E-state index contributed by atoms with van der Waals surface area (Å²) in [5, 5.41) is 0.315. The largest absolute Gasteiger partial charge is 0.468 e. The molecule has 0 rings (SSSR count). The minimum Gasteiger partial charge on any atom is -0.468 e. The molecule has 76 valence electrons. The van der Waals surface area contributed by atoms with Crippen molar-refractivity contribution in [3.8, 4) is 0 Å². The normalized spacial score (nSPS) is 10.8. The van der Waals surface area contributed by atoms with Gasteiger partial charge in [-0.2, -0.15) is 0 Å². The maximum Gasteiger partial charge on any atom is 0.324 e. The summed E-state index contributed by atoms with van der Waals surface area (Å²) in [5.74, 6) is -1.23. The van der Waals surface area contributed by atoms with E-state index in [0.29, 0.717) is 0 Å². The van der Waals surface area contributed by atoms with E-state index in [9.17, 15) is 9.59 Å². The highest BCUT2D eigenvalue weighted by Crippen LogP contribution is 2.26. The molecule has 0 aliphatic carbocycles. The fraction of sp³-hybridized carbons (Fsp3) is 0.714. The molecule has 0 saturated carbocycles. The Bertz CT molecular complexity index is 183. The Labute approximate surface area is 93.2 Å². The van der Waals surface area contributed by atoms with E-state index >= 15 is 0 Å². The van der Waals surface area contributed by atoms with E-state index in [1.807, 2.05) is 0 Å². The van der Waals surface area contributed by atoms with Gasteiger partial charge in [0.15, 0.2) is 5.41 Å². The summed E-state index contributed by atoms with van der Waals surface area (Å²) in [5.41, 5.74) is -1.29. The van der Waals surface area contributed by atoms with Crippen LogP contribution in [-0.2, 0) is 19.1 Å². The molecule has 0 fully saturated rings. The van der Waals surface area contributed by atoms with Gasteiger partial charge in [-0.1, -0.05) is 31.9 Å². The van der Waals surface area contributed by atoms with Crippen molar-refractivity contribution >= 4 is 43.8 Å². The molecule has 0 radical (unpaired) electrons. The summed E-state index contributed by atoms with van der Waals surface area (Å²) in [4.78, 5) is 22.6. The quantitative estimate of drug-likeness (QED) is 0.443. The number of halogens is 2. The van der Waals surface area contributed by atoms with Crippen LogP contribution in [0.4, 0.5) is 0 Å². The molecule has 0 bridgehead atoms. The molecule has 0 aliphatic heterocycles. The smallest absolute Gasteiger partial charge is 0.324 e. The van der Waals surface area contributed by atoms with E-state index in [1.165, 1.54) is 14.2 Å². The van der Waals surface area contributed by atoms with Crippen LogP contribution in [0.15, 0.2) is 0 Å². The zero-order valence-electron chi connectivity index (χ0n) is 7.30. The van der Waals surface area contributed by atoms with Crippen molar-refractivity contribution in [3.63, 3.8) is 0 Å². The molecular weight excluding hydrogens is 308 g/mol. The van der Waals surface area contributed by atoms with Gasteiger partial charge in [-0.25, -0.2) is 0 Å². The average Bonchev–Trinajstić information content (AvgIpc) is 2.19. The van der Waals surface area contributed by atoms with Gasteiger partial charge in [0.05, 0.1) is 14.2 Å². The van der Waals surface area contributed by atoms with Crippen molar-refractivity contribution < 1.29 is 19.1 Å². The standard InChI is InChI=1S/C7H10Br2O4/c1-12-5(10)7(3-8,4-9)6(11)13-2/h3-4H2,1-2H3. The maximum atomic E-state index is 11.3. The van der Waals surface area contributed by atoms with E-state index in [4.69, 9.17) is 0 Å². The van der Waals surface area contributed by atoms with Crippen LogP contribution in [0, 0.1) is 5.41 Å². The molecule has 0 heterocycles. The molecule has 0 spiro atoms. The summed E-state index contributed by atoms with van der Waals surface area (Å²) < 4.78 is 9.04.